The van der Waals surface area contributed by atoms with Gasteiger partial charge >= 0.3 is 5.97 Å². The first-order valence-electron chi connectivity index (χ1n) is 4.35. The maximum Gasteiger partial charge on any atom is 0.322 e. The van der Waals surface area contributed by atoms with Crippen molar-refractivity contribution in [1.82, 2.24) is 0 Å². The van der Waals surface area contributed by atoms with Crippen LogP contribution < -0.4 is 5.73 Å². The van der Waals surface area contributed by atoms with Crippen LogP contribution in [-0.2, 0) is 16.0 Å². The standard InChI is InChI=1S/C10H12ClNO3/c1-15-10(14)9(12)4-6-2-3-7(13)5-8(6)11/h2-3,5,9,13H,4,12H2,1H3/t9-/m1/s1. The smallest absolute Gasteiger partial charge is 0.322 e. The van der Waals surface area contributed by atoms with Crippen LogP contribution in [0.3, 0.4) is 0 Å². The lowest BCUT2D eigenvalue weighted by atomic mass is 10.1. The van der Waals surface area contributed by atoms with Crippen molar-refractivity contribution in [3.05, 3.63) is 28.8 Å². The lowest BCUT2D eigenvalue weighted by Crippen LogP contribution is -2.33. The summed E-state index contributed by atoms with van der Waals surface area (Å²) in [6.07, 6.45) is 0.284. The molecule has 0 saturated heterocycles. The summed E-state index contributed by atoms with van der Waals surface area (Å²) in [7, 11) is 1.28. The lowest BCUT2D eigenvalue weighted by Gasteiger charge is -2.10. The highest BCUT2D eigenvalue weighted by molar-refractivity contribution is 6.31. The number of hydrogen-bond acceptors (Lipinski definition) is 4. The normalized spacial score (nSPS) is 12.2. The molecule has 0 saturated carbocycles. The van der Waals surface area contributed by atoms with Crippen molar-refractivity contribution in [2.45, 2.75) is 12.5 Å². The van der Waals surface area contributed by atoms with Crippen molar-refractivity contribution in [2.24, 2.45) is 5.73 Å². The molecule has 0 amide bonds. The number of carbonyl (C=O) groups excluding carboxylic acids is 1. The number of ether oxygens (including phenoxy) is 1. The summed E-state index contributed by atoms with van der Waals surface area (Å²) in [4.78, 5) is 11.1. The van der Waals surface area contributed by atoms with E-state index in [4.69, 9.17) is 22.4 Å². The fourth-order valence-electron chi connectivity index (χ4n) is 1.17. The van der Waals surface area contributed by atoms with Gasteiger partial charge < -0.3 is 15.6 Å². The Kier molecular flexibility index (Phi) is 3.94. The molecule has 5 heteroatoms. The molecule has 0 heterocycles. The zero-order valence-electron chi connectivity index (χ0n) is 8.24. The molecule has 4 nitrogen and oxygen atoms in total. The summed E-state index contributed by atoms with van der Waals surface area (Å²) in [6, 6.07) is 3.78. The highest BCUT2D eigenvalue weighted by Crippen LogP contribution is 2.22. The minimum atomic E-state index is -0.739. The molecule has 82 valence electrons. The summed E-state index contributed by atoms with van der Waals surface area (Å²) in [5.74, 6) is -0.408. The van der Waals surface area contributed by atoms with Crippen LogP contribution in [0.15, 0.2) is 18.2 Å². The quantitative estimate of drug-likeness (QED) is 0.761. The molecule has 0 bridgehead atoms. The third kappa shape index (κ3) is 3.11. The summed E-state index contributed by atoms with van der Waals surface area (Å²) in [6.45, 7) is 0. The number of benzene rings is 1. The second-order valence-electron chi connectivity index (χ2n) is 3.11. The van der Waals surface area contributed by atoms with Crippen LogP contribution in [-0.4, -0.2) is 24.2 Å². The van der Waals surface area contributed by atoms with E-state index in [1.54, 1.807) is 6.07 Å². The van der Waals surface area contributed by atoms with Crippen LogP contribution in [0.1, 0.15) is 5.56 Å². The number of phenolic OH excluding ortho intramolecular Hbond substituents is 1. The first-order valence-corrected chi connectivity index (χ1v) is 4.73. The highest BCUT2D eigenvalue weighted by Gasteiger charge is 2.15. The monoisotopic (exact) mass is 229 g/mol. The van der Waals surface area contributed by atoms with Crippen LogP contribution in [0.5, 0.6) is 5.75 Å². The number of aromatic hydroxyl groups is 1. The molecular weight excluding hydrogens is 218 g/mol. The number of halogens is 1. The van der Waals surface area contributed by atoms with Crippen molar-refractivity contribution < 1.29 is 14.6 Å². The molecule has 0 aliphatic rings. The molecule has 0 unspecified atom stereocenters. The van der Waals surface area contributed by atoms with Gasteiger partial charge in [0.15, 0.2) is 0 Å². The van der Waals surface area contributed by atoms with E-state index in [1.807, 2.05) is 0 Å². The van der Waals surface area contributed by atoms with Crippen LogP contribution >= 0.6 is 11.6 Å². The first kappa shape index (κ1) is 11.8. The molecular formula is C10H12ClNO3. The summed E-state index contributed by atoms with van der Waals surface area (Å²) >= 11 is 5.85. The molecule has 3 N–H and O–H groups in total. The molecule has 0 aromatic heterocycles. The minimum Gasteiger partial charge on any atom is -0.508 e. The fraction of sp³-hybridized carbons (Fsp3) is 0.300. The Hall–Kier alpha value is -1.26. The average molecular weight is 230 g/mol. The summed E-state index contributed by atoms with van der Waals surface area (Å²) in [5.41, 5.74) is 6.27. The van der Waals surface area contributed by atoms with E-state index in [0.717, 1.165) is 0 Å². The van der Waals surface area contributed by atoms with E-state index in [2.05, 4.69) is 4.74 Å². The number of carbonyl (C=O) groups is 1. The molecule has 1 aromatic carbocycles. The van der Waals surface area contributed by atoms with Gasteiger partial charge in [-0.05, 0) is 24.1 Å². The van der Waals surface area contributed by atoms with Gasteiger partial charge in [0, 0.05) is 5.02 Å². The summed E-state index contributed by atoms with van der Waals surface area (Å²) < 4.78 is 4.49. The SMILES string of the molecule is COC(=O)[C@H](N)Cc1ccc(O)cc1Cl. The van der Waals surface area contributed by atoms with E-state index in [0.29, 0.717) is 10.6 Å². The average Bonchev–Trinajstić information content (AvgIpc) is 2.20. The number of hydrogen-bond donors (Lipinski definition) is 2. The Morgan fingerprint density at radius 1 is 1.67 bits per heavy atom. The van der Waals surface area contributed by atoms with Gasteiger partial charge in [0.1, 0.15) is 11.8 Å². The molecule has 0 fully saturated rings. The second-order valence-corrected chi connectivity index (χ2v) is 3.52. The molecule has 0 aliphatic heterocycles. The van der Waals surface area contributed by atoms with Crippen molar-refractivity contribution >= 4 is 17.6 Å². The van der Waals surface area contributed by atoms with Gasteiger partial charge in [-0.15, -0.1) is 0 Å². The Balaban J connectivity index is 2.76. The van der Waals surface area contributed by atoms with E-state index in [-0.39, 0.29) is 12.2 Å². The molecule has 15 heavy (non-hydrogen) atoms. The van der Waals surface area contributed by atoms with Crippen molar-refractivity contribution in [3.8, 4) is 5.75 Å². The predicted molar refractivity (Wildman–Crippen MR) is 56.8 cm³/mol. The van der Waals surface area contributed by atoms with Gasteiger partial charge in [-0.2, -0.15) is 0 Å². The van der Waals surface area contributed by atoms with Crippen LogP contribution in [0.2, 0.25) is 5.02 Å². The predicted octanol–water partition coefficient (Wildman–Crippen LogP) is 1.09. The topological polar surface area (TPSA) is 72.5 Å². The van der Waals surface area contributed by atoms with Gasteiger partial charge in [0.05, 0.1) is 7.11 Å². The van der Waals surface area contributed by atoms with Crippen molar-refractivity contribution in [1.29, 1.82) is 0 Å². The third-order valence-corrected chi connectivity index (χ3v) is 2.33. The largest absolute Gasteiger partial charge is 0.508 e. The van der Waals surface area contributed by atoms with E-state index in [9.17, 15) is 4.79 Å². The van der Waals surface area contributed by atoms with Crippen molar-refractivity contribution in [2.75, 3.05) is 7.11 Å². The van der Waals surface area contributed by atoms with Crippen molar-refractivity contribution in [3.63, 3.8) is 0 Å². The van der Waals surface area contributed by atoms with Gasteiger partial charge in [-0.1, -0.05) is 17.7 Å². The fourth-order valence-corrected chi connectivity index (χ4v) is 1.43. The maximum absolute atomic E-state index is 11.1. The number of methoxy groups -OCH3 is 1. The Morgan fingerprint density at radius 3 is 2.87 bits per heavy atom. The third-order valence-electron chi connectivity index (χ3n) is 1.98. The van der Waals surface area contributed by atoms with Gasteiger partial charge in [-0.25, -0.2) is 0 Å². The van der Waals surface area contributed by atoms with E-state index in [1.165, 1.54) is 19.2 Å². The zero-order chi connectivity index (χ0) is 11.4. The van der Waals surface area contributed by atoms with Gasteiger partial charge in [0.25, 0.3) is 0 Å². The number of phenols is 1. The van der Waals surface area contributed by atoms with Crippen LogP contribution in [0, 0.1) is 0 Å². The number of nitrogens with two attached hydrogens (primary N) is 1. The molecule has 1 atom stereocenters. The van der Waals surface area contributed by atoms with E-state index >= 15 is 0 Å². The van der Waals surface area contributed by atoms with Gasteiger partial charge in [-0.3, -0.25) is 4.79 Å². The molecule has 1 rings (SSSR count). The maximum atomic E-state index is 11.1. The molecule has 0 spiro atoms. The highest BCUT2D eigenvalue weighted by atomic mass is 35.5. The first-order chi connectivity index (χ1) is 7.04. The summed E-state index contributed by atoms with van der Waals surface area (Å²) in [5, 5.41) is 9.50. The molecule has 0 aliphatic carbocycles. The Labute approximate surface area is 92.6 Å². The molecule has 1 aromatic rings. The lowest BCUT2D eigenvalue weighted by molar-refractivity contribution is -0.142. The Morgan fingerprint density at radius 2 is 2.33 bits per heavy atom. The second kappa shape index (κ2) is 5.00. The van der Waals surface area contributed by atoms with Crippen LogP contribution in [0.4, 0.5) is 0 Å². The van der Waals surface area contributed by atoms with E-state index < -0.39 is 12.0 Å². The Bertz CT molecular complexity index is 368. The zero-order valence-corrected chi connectivity index (χ0v) is 8.99. The van der Waals surface area contributed by atoms with Gasteiger partial charge in [0.2, 0.25) is 0 Å². The minimum absolute atomic E-state index is 0.0791. The van der Waals surface area contributed by atoms with Crippen LogP contribution in [0.25, 0.3) is 0 Å². The number of esters is 1. The molecule has 0 radical (unpaired) electrons. The number of rotatable bonds is 3.